The Kier molecular flexibility index (Phi) is 5.99. The van der Waals surface area contributed by atoms with Gasteiger partial charge in [0.05, 0.1) is 13.0 Å². The number of rotatable bonds is 7. The van der Waals surface area contributed by atoms with E-state index < -0.39 is 0 Å². The van der Waals surface area contributed by atoms with Crippen LogP contribution in [0.2, 0.25) is 0 Å². The molecule has 0 fully saturated rings. The molecule has 0 aliphatic heterocycles. The van der Waals surface area contributed by atoms with Crippen LogP contribution in [0.4, 0.5) is 5.69 Å². The molecule has 2 aromatic carbocycles. The Morgan fingerprint density at radius 1 is 0.885 bits per heavy atom. The highest BCUT2D eigenvalue weighted by atomic mass is 16.5. The fourth-order valence-corrected chi connectivity index (χ4v) is 2.70. The summed E-state index contributed by atoms with van der Waals surface area (Å²) in [5.41, 5.74) is 4.17. The average Bonchev–Trinajstić information content (AvgIpc) is 2.66. The highest BCUT2D eigenvalue weighted by molar-refractivity contribution is 5.92. The standard InChI is InChI=1S/C22H22N2O2/c1-2-26-21-9-5-18(6-10-21)16-22(25)24-20-7-3-17(4-8-20)15-19-11-13-23-14-12-19/h3-14H,2,15-16H2,1H3,(H,24,25). The first-order valence-corrected chi connectivity index (χ1v) is 8.72. The summed E-state index contributed by atoms with van der Waals surface area (Å²) in [5, 5.41) is 2.94. The molecule has 0 unspecified atom stereocenters. The lowest BCUT2D eigenvalue weighted by molar-refractivity contribution is -0.115. The SMILES string of the molecule is CCOc1ccc(CC(=O)Nc2ccc(Cc3ccncc3)cc2)cc1. The summed E-state index contributed by atoms with van der Waals surface area (Å²) in [6.07, 6.45) is 4.78. The maximum Gasteiger partial charge on any atom is 0.228 e. The maximum absolute atomic E-state index is 12.2. The monoisotopic (exact) mass is 346 g/mol. The Balaban J connectivity index is 1.54. The maximum atomic E-state index is 12.2. The summed E-state index contributed by atoms with van der Waals surface area (Å²) in [6, 6.07) is 19.6. The molecule has 1 N–H and O–H groups in total. The predicted octanol–water partition coefficient (Wildman–Crippen LogP) is 4.25. The first kappa shape index (κ1) is 17.7. The van der Waals surface area contributed by atoms with Crippen molar-refractivity contribution < 1.29 is 9.53 Å². The van der Waals surface area contributed by atoms with E-state index in [9.17, 15) is 4.79 Å². The topological polar surface area (TPSA) is 51.2 Å². The Bertz CT molecular complexity index is 828. The number of amides is 1. The van der Waals surface area contributed by atoms with Crippen LogP contribution in [0.1, 0.15) is 23.6 Å². The summed E-state index contributed by atoms with van der Waals surface area (Å²) in [6.45, 7) is 2.58. The number of carbonyl (C=O) groups excluding carboxylic acids is 1. The van der Waals surface area contributed by atoms with E-state index in [1.165, 1.54) is 11.1 Å². The molecule has 4 heteroatoms. The van der Waals surface area contributed by atoms with Crippen LogP contribution in [0.15, 0.2) is 73.1 Å². The molecule has 0 radical (unpaired) electrons. The van der Waals surface area contributed by atoms with Crippen molar-refractivity contribution in [3.8, 4) is 5.75 Å². The van der Waals surface area contributed by atoms with Crippen LogP contribution < -0.4 is 10.1 Å². The largest absolute Gasteiger partial charge is 0.494 e. The molecule has 1 amide bonds. The van der Waals surface area contributed by atoms with Gasteiger partial charge in [0.25, 0.3) is 0 Å². The third kappa shape index (κ3) is 5.18. The van der Waals surface area contributed by atoms with E-state index in [2.05, 4.69) is 10.3 Å². The molecule has 4 nitrogen and oxygen atoms in total. The highest BCUT2D eigenvalue weighted by Crippen LogP contribution is 2.15. The average molecular weight is 346 g/mol. The minimum absolute atomic E-state index is 0.0314. The first-order valence-electron chi connectivity index (χ1n) is 8.72. The number of benzene rings is 2. The van der Waals surface area contributed by atoms with Crippen molar-refractivity contribution in [2.45, 2.75) is 19.8 Å². The molecule has 0 spiro atoms. The molecule has 1 heterocycles. The molecule has 3 aromatic rings. The van der Waals surface area contributed by atoms with E-state index in [0.29, 0.717) is 13.0 Å². The summed E-state index contributed by atoms with van der Waals surface area (Å²) in [7, 11) is 0. The Morgan fingerprint density at radius 2 is 1.50 bits per heavy atom. The van der Waals surface area contributed by atoms with Crippen LogP contribution in [-0.2, 0) is 17.6 Å². The van der Waals surface area contributed by atoms with E-state index in [4.69, 9.17) is 4.74 Å². The number of aromatic nitrogens is 1. The molecule has 132 valence electrons. The van der Waals surface area contributed by atoms with Crippen LogP contribution in [0.5, 0.6) is 5.75 Å². The molecular formula is C22H22N2O2. The molecule has 1 aromatic heterocycles. The second kappa shape index (κ2) is 8.81. The highest BCUT2D eigenvalue weighted by Gasteiger charge is 2.05. The van der Waals surface area contributed by atoms with Gasteiger partial charge < -0.3 is 10.1 Å². The van der Waals surface area contributed by atoms with Gasteiger partial charge in [-0.3, -0.25) is 9.78 Å². The number of nitrogens with one attached hydrogen (secondary N) is 1. The minimum Gasteiger partial charge on any atom is -0.494 e. The zero-order valence-electron chi connectivity index (χ0n) is 14.8. The fourth-order valence-electron chi connectivity index (χ4n) is 2.70. The number of hydrogen-bond acceptors (Lipinski definition) is 3. The fraction of sp³-hybridized carbons (Fsp3) is 0.182. The number of pyridine rings is 1. The summed E-state index contributed by atoms with van der Waals surface area (Å²) in [4.78, 5) is 16.2. The number of ether oxygens (including phenoxy) is 1. The molecule has 0 atom stereocenters. The van der Waals surface area contributed by atoms with Gasteiger partial charge in [0.1, 0.15) is 5.75 Å². The van der Waals surface area contributed by atoms with Gasteiger partial charge in [-0.1, -0.05) is 24.3 Å². The third-order valence-corrected chi connectivity index (χ3v) is 3.99. The molecular weight excluding hydrogens is 324 g/mol. The Morgan fingerprint density at radius 3 is 2.15 bits per heavy atom. The second-order valence-corrected chi connectivity index (χ2v) is 6.03. The van der Waals surface area contributed by atoms with E-state index >= 15 is 0 Å². The quantitative estimate of drug-likeness (QED) is 0.696. The summed E-state index contributed by atoms with van der Waals surface area (Å²) < 4.78 is 5.41. The minimum atomic E-state index is -0.0314. The van der Waals surface area contributed by atoms with Crippen molar-refractivity contribution in [3.63, 3.8) is 0 Å². The van der Waals surface area contributed by atoms with E-state index in [1.807, 2.05) is 67.6 Å². The van der Waals surface area contributed by atoms with Crippen LogP contribution in [-0.4, -0.2) is 17.5 Å². The summed E-state index contributed by atoms with van der Waals surface area (Å²) in [5.74, 6) is 0.789. The lowest BCUT2D eigenvalue weighted by atomic mass is 10.1. The molecule has 0 aliphatic carbocycles. The van der Waals surface area contributed by atoms with Gasteiger partial charge in [-0.05, 0) is 66.4 Å². The number of carbonyl (C=O) groups is 1. The normalized spacial score (nSPS) is 10.3. The van der Waals surface area contributed by atoms with Gasteiger partial charge in [-0.2, -0.15) is 0 Å². The van der Waals surface area contributed by atoms with Crippen LogP contribution >= 0.6 is 0 Å². The third-order valence-electron chi connectivity index (χ3n) is 3.99. The lowest BCUT2D eigenvalue weighted by Gasteiger charge is -2.08. The van der Waals surface area contributed by atoms with Crippen molar-refractivity contribution in [1.29, 1.82) is 0 Å². The van der Waals surface area contributed by atoms with Gasteiger partial charge in [0, 0.05) is 18.1 Å². The van der Waals surface area contributed by atoms with Crippen LogP contribution in [0.3, 0.4) is 0 Å². The van der Waals surface area contributed by atoms with Gasteiger partial charge >= 0.3 is 0 Å². The van der Waals surface area contributed by atoms with Gasteiger partial charge in [-0.15, -0.1) is 0 Å². The van der Waals surface area contributed by atoms with Crippen molar-refractivity contribution in [1.82, 2.24) is 4.98 Å². The van der Waals surface area contributed by atoms with Gasteiger partial charge in [0.15, 0.2) is 0 Å². The van der Waals surface area contributed by atoms with Crippen molar-refractivity contribution in [3.05, 3.63) is 89.7 Å². The van der Waals surface area contributed by atoms with Crippen LogP contribution in [0, 0.1) is 0 Å². The Labute approximate surface area is 153 Å². The van der Waals surface area contributed by atoms with E-state index in [-0.39, 0.29) is 5.91 Å². The van der Waals surface area contributed by atoms with Gasteiger partial charge in [-0.25, -0.2) is 0 Å². The summed E-state index contributed by atoms with van der Waals surface area (Å²) >= 11 is 0. The van der Waals surface area contributed by atoms with Crippen molar-refractivity contribution in [2.75, 3.05) is 11.9 Å². The van der Waals surface area contributed by atoms with Crippen molar-refractivity contribution in [2.24, 2.45) is 0 Å². The lowest BCUT2D eigenvalue weighted by Crippen LogP contribution is -2.14. The van der Waals surface area contributed by atoms with E-state index in [0.717, 1.165) is 23.4 Å². The molecule has 3 rings (SSSR count). The van der Waals surface area contributed by atoms with Gasteiger partial charge in [0.2, 0.25) is 5.91 Å². The second-order valence-electron chi connectivity index (χ2n) is 6.03. The molecule has 0 aliphatic rings. The number of nitrogens with zero attached hydrogens (tertiary/aromatic N) is 1. The molecule has 26 heavy (non-hydrogen) atoms. The van der Waals surface area contributed by atoms with Crippen molar-refractivity contribution >= 4 is 11.6 Å². The predicted molar refractivity (Wildman–Crippen MR) is 103 cm³/mol. The zero-order chi connectivity index (χ0) is 18.2. The first-order chi connectivity index (χ1) is 12.7. The zero-order valence-corrected chi connectivity index (χ0v) is 14.8. The molecule has 0 saturated heterocycles. The Hall–Kier alpha value is -3.14. The number of hydrogen-bond donors (Lipinski definition) is 1. The molecule has 0 bridgehead atoms. The van der Waals surface area contributed by atoms with Crippen LogP contribution in [0.25, 0.3) is 0 Å². The smallest absolute Gasteiger partial charge is 0.228 e. The van der Waals surface area contributed by atoms with E-state index in [1.54, 1.807) is 12.4 Å². The molecule has 0 saturated carbocycles. The number of anilines is 1.